The van der Waals surface area contributed by atoms with Crippen molar-refractivity contribution in [3.8, 4) is 5.75 Å². The summed E-state index contributed by atoms with van der Waals surface area (Å²) in [7, 11) is -4.93. The summed E-state index contributed by atoms with van der Waals surface area (Å²) in [5.74, 6) is -0.0509. The third-order valence-corrected chi connectivity index (χ3v) is 2.09. The largest absolute Gasteiger partial charge is 0.765 e. The van der Waals surface area contributed by atoms with Crippen molar-refractivity contribution in [3.05, 3.63) is 30.3 Å². The summed E-state index contributed by atoms with van der Waals surface area (Å²) < 4.78 is 14.8. The SMILES string of the molecule is O=C([O-])P(=O)([O-])Oc1ccccc1. The molecule has 1 aromatic rings. The second kappa shape index (κ2) is 3.60. The van der Waals surface area contributed by atoms with E-state index in [0.29, 0.717) is 0 Å². The predicted octanol–water partition coefficient (Wildman–Crippen LogP) is -0.0379. The van der Waals surface area contributed by atoms with Crippen LogP contribution in [0.15, 0.2) is 30.3 Å². The monoisotopic (exact) mass is 200 g/mol. The van der Waals surface area contributed by atoms with Crippen LogP contribution in [-0.2, 0) is 4.57 Å². The van der Waals surface area contributed by atoms with Crippen LogP contribution in [0.25, 0.3) is 0 Å². The lowest BCUT2D eigenvalue weighted by atomic mass is 10.3. The lowest BCUT2D eigenvalue weighted by Gasteiger charge is -2.24. The molecule has 0 N–H and O–H groups in total. The van der Waals surface area contributed by atoms with Crippen LogP contribution in [-0.4, -0.2) is 5.71 Å². The highest BCUT2D eigenvalue weighted by atomic mass is 31.2. The fraction of sp³-hybridized carbons (Fsp3) is 0. The molecule has 70 valence electrons. The summed E-state index contributed by atoms with van der Waals surface area (Å²) >= 11 is 0. The Bertz CT molecular complexity index is 347. The van der Waals surface area contributed by atoms with Gasteiger partial charge in [-0.1, -0.05) is 18.2 Å². The van der Waals surface area contributed by atoms with Crippen molar-refractivity contribution in [1.29, 1.82) is 0 Å². The molecule has 0 aliphatic carbocycles. The highest BCUT2D eigenvalue weighted by Crippen LogP contribution is 2.37. The van der Waals surface area contributed by atoms with Gasteiger partial charge in [0.1, 0.15) is 11.5 Å². The summed E-state index contributed by atoms with van der Waals surface area (Å²) in [6.07, 6.45) is 0. The van der Waals surface area contributed by atoms with Crippen molar-refractivity contribution in [2.75, 3.05) is 0 Å². The number of hydrogen-bond acceptors (Lipinski definition) is 5. The van der Waals surface area contributed by atoms with Gasteiger partial charge in [-0.2, -0.15) is 0 Å². The predicted molar refractivity (Wildman–Crippen MR) is 40.1 cm³/mol. The third kappa shape index (κ3) is 2.57. The van der Waals surface area contributed by atoms with Crippen LogP contribution in [0.1, 0.15) is 0 Å². The van der Waals surface area contributed by atoms with Gasteiger partial charge in [0.2, 0.25) is 7.60 Å². The second-order valence-corrected chi connectivity index (χ2v) is 3.71. The summed E-state index contributed by atoms with van der Waals surface area (Å²) in [6.45, 7) is 0. The Morgan fingerprint density at radius 3 is 2.31 bits per heavy atom. The van der Waals surface area contributed by atoms with E-state index >= 15 is 0 Å². The number of rotatable bonds is 3. The first kappa shape index (κ1) is 9.77. The van der Waals surface area contributed by atoms with Crippen LogP contribution < -0.4 is 14.5 Å². The van der Waals surface area contributed by atoms with Crippen LogP contribution in [0.2, 0.25) is 0 Å². The van der Waals surface area contributed by atoms with Gasteiger partial charge in [-0.25, -0.2) is 0 Å². The number of hydrogen-bond donors (Lipinski definition) is 0. The van der Waals surface area contributed by atoms with E-state index in [1.165, 1.54) is 24.3 Å². The van der Waals surface area contributed by atoms with Gasteiger partial charge in [0, 0.05) is 0 Å². The standard InChI is InChI=1S/C7H7O5P/c8-7(9)13(10,11)12-6-4-2-1-3-5-6/h1-5H,(H,8,9)(H,10,11)/p-2. The van der Waals surface area contributed by atoms with Crippen molar-refractivity contribution < 1.29 is 23.9 Å². The molecule has 0 heterocycles. The first-order valence-corrected chi connectivity index (χ1v) is 4.84. The number of para-hydroxylation sites is 1. The van der Waals surface area contributed by atoms with Crippen molar-refractivity contribution in [3.63, 3.8) is 0 Å². The molecule has 6 heteroatoms. The van der Waals surface area contributed by atoms with E-state index in [0.717, 1.165) is 0 Å². The van der Waals surface area contributed by atoms with Crippen molar-refractivity contribution in [1.82, 2.24) is 0 Å². The molecule has 13 heavy (non-hydrogen) atoms. The quantitative estimate of drug-likeness (QED) is 0.638. The maximum atomic E-state index is 10.6. The van der Waals surface area contributed by atoms with E-state index in [1.54, 1.807) is 6.07 Å². The smallest absolute Gasteiger partial charge is 0.229 e. The molecule has 1 unspecified atom stereocenters. The number of benzene rings is 1. The minimum absolute atomic E-state index is 0.0509. The first-order valence-electron chi connectivity index (χ1n) is 3.29. The van der Waals surface area contributed by atoms with Gasteiger partial charge >= 0.3 is 0 Å². The van der Waals surface area contributed by atoms with E-state index in [4.69, 9.17) is 0 Å². The van der Waals surface area contributed by atoms with E-state index in [1.807, 2.05) is 0 Å². The van der Waals surface area contributed by atoms with Gasteiger partial charge in [-0.3, -0.25) is 4.57 Å². The summed E-state index contributed by atoms with van der Waals surface area (Å²) in [4.78, 5) is 20.7. The summed E-state index contributed by atoms with van der Waals surface area (Å²) in [5.41, 5.74) is -2.23. The molecule has 0 saturated heterocycles. The molecule has 0 spiro atoms. The molecule has 1 atom stereocenters. The molecule has 0 aliphatic heterocycles. The number of carbonyl (C=O) groups is 1. The van der Waals surface area contributed by atoms with E-state index in [-0.39, 0.29) is 5.75 Å². The first-order chi connectivity index (χ1) is 6.02. The molecular formula is C7H5O5P-2. The zero-order chi connectivity index (χ0) is 9.90. The molecule has 0 amide bonds. The molecule has 0 saturated carbocycles. The maximum Gasteiger partial charge on any atom is 0.229 e. The minimum Gasteiger partial charge on any atom is -0.765 e. The van der Waals surface area contributed by atoms with Crippen LogP contribution in [0.4, 0.5) is 4.79 Å². The van der Waals surface area contributed by atoms with Crippen LogP contribution in [0.5, 0.6) is 5.75 Å². The van der Waals surface area contributed by atoms with Crippen molar-refractivity contribution >= 4 is 13.3 Å². The lowest BCUT2D eigenvalue weighted by Crippen LogP contribution is -2.28. The normalized spacial score (nSPS) is 14.5. The van der Waals surface area contributed by atoms with E-state index in [2.05, 4.69) is 4.52 Å². The topological polar surface area (TPSA) is 89.5 Å². The van der Waals surface area contributed by atoms with Gasteiger partial charge in [-0.15, -0.1) is 0 Å². The van der Waals surface area contributed by atoms with Crippen molar-refractivity contribution in [2.45, 2.75) is 0 Å². The van der Waals surface area contributed by atoms with Crippen LogP contribution in [0.3, 0.4) is 0 Å². The lowest BCUT2D eigenvalue weighted by molar-refractivity contribution is -0.254. The van der Waals surface area contributed by atoms with E-state index < -0.39 is 13.3 Å². The Morgan fingerprint density at radius 1 is 1.31 bits per heavy atom. The van der Waals surface area contributed by atoms with Gasteiger partial charge in [-0.05, 0) is 12.1 Å². The Hall–Kier alpha value is -1.32. The van der Waals surface area contributed by atoms with Crippen molar-refractivity contribution in [2.24, 2.45) is 0 Å². The fourth-order valence-corrected chi connectivity index (χ4v) is 1.13. The number of carboxylic acid groups (broad SMARTS) is 1. The molecular weight excluding hydrogens is 195 g/mol. The minimum atomic E-state index is -4.93. The second-order valence-electron chi connectivity index (χ2n) is 2.17. The molecule has 0 bridgehead atoms. The Balaban J connectivity index is 2.82. The van der Waals surface area contributed by atoms with Crippen LogP contribution >= 0.6 is 7.60 Å². The maximum absolute atomic E-state index is 10.6. The highest BCUT2D eigenvalue weighted by molar-refractivity contribution is 7.69. The molecule has 0 fully saturated rings. The molecule has 5 nitrogen and oxygen atoms in total. The highest BCUT2D eigenvalue weighted by Gasteiger charge is 2.10. The molecule has 0 aromatic heterocycles. The Morgan fingerprint density at radius 2 is 1.85 bits per heavy atom. The van der Waals surface area contributed by atoms with Gasteiger partial charge in [0.05, 0.1) is 0 Å². The van der Waals surface area contributed by atoms with Gasteiger partial charge in [0.25, 0.3) is 0 Å². The van der Waals surface area contributed by atoms with Gasteiger partial charge in [0.15, 0.2) is 0 Å². The average Bonchev–Trinajstić information content (AvgIpc) is 2.05. The number of carbonyl (C=O) groups excluding carboxylic acids is 1. The summed E-state index contributed by atoms with van der Waals surface area (Å²) in [6, 6.07) is 7.33. The molecule has 1 aromatic carbocycles. The van der Waals surface area contributed by atoms with Crippen LogP contribution in [0, 0.1) is 0 Å². The summed E-state index contributed by atoms with van der Waals surface area (Å²) in [5, 5.41) is 10.0. The average molecular weight is 200 g/mol. The molecule has 0 radical (unpaired) electrons. The third-order valence-electron chi connectivity index (χ3n) is 1.19. The fourth-order valence-electron chi connectivity index (χ4n) is 0.657. The Labute approximate surface area is 74.1 Å². The van der Waals surface area contributed by atoms with E-state index in [9.17, 15) is 19.4 Å². The molecule has 0 aliphatic rings. The Kier molecular flexibility index (Phi) is 2.70. The zero-order valence-corrected chi connectivity index (χ0v) is 7.27. The van der Waals surface area contributed by atoms with Gasteiger partial charge < -0.3 is 19.3 Å². The zero-order valence-electron chi connectivity index (χ0n) is 6.38. The molecule has 1 rings (SSSR count).